The fourth-order valence-corrected chi connectivity index (χ4v) is 6.82. The summed E-state index contributed by atoms with van der Waals surface area (Å²) in [7, 11) is 1.56. The van der Waals surface area contributed by atoms with E-state index >= 15 is 0 Å². The highest BCUT2D eigenvalue weighted by molar-refractivity contribution is 14.1. The van der Waals surface area contributed by atoms with Crippen LogP contribution in [0.25, 0.3) is 6.08 Å². The van der Waals surface area contributed by atoms with Crippen molar-refractivity contribution >= 4 is 46.2 Å². The van der Waals surface area contributed by atoms with Crippen molar-refractivity contribution in [3.63, 3.8) is 0 Å². The number of nitrogens with zero attached hydrogens (tertiary/aromatic N) is 1. The minimum absolute atomic E-state index is 0.0362. The summed E-state index contributed by atoms with van der Waals surface area (Å²) in [6.07, 6.45) is 5.33. The van der Waals surface area contributed by atoms with Crippen molar-refractivity contribution < 1.29 is 24.2 Å². The van der Waals surface area contributed by atoms with Gasteiger partial charge in [0.05, 0.1) is 40.9 Å². The molecule has 2 aliphatic heterocycles. The van der Waals surface area contributed by atoms with Gasteiger partial charge in [0.2, 0.25) is 11.8 Å². The third-order valence-corrected chi connectivity index (χ3v) is 8.81. The van der Waals surface area contributed by atoms with Crippen LogP contribution in [0.5, 0.6) is 11.5 Å². The molecule has 4 atom stereocenters. The number of para-hydroxylation sites is 1. The van der Waals surface area contributed by atoms with Crippen molar-refractivity contribution in [1.29, 1.82) is 0 Å². The van der Waals surface area contributed by atoms with Gasteiger partial charge in [-0.05, 0) is 90.6 Å². The molecule has 194 valence electrons. The van der Waals surface area contributed by atoms with E-state index in [-0.39, 0.29) is 41.4 Å². The minimum atomic E-state index is -0.343. The fraction of sp³-hybridized carbons (Fsp3) is 0.400. The summed E-state index contributed by atoms with van der Waals surface area (Å²) >= 11 is 2.11. The first-order valence-electron chi connectivity index (χ1n) is 12.8. The predicted octanol–water partition coefficient (Wildman–Crippen LogP) is 6.12. The second kappa shape index (κ2) is 10.6. The van der Waals surface area contributed by atoms with Gasteiger partial charge in [-0.25, -0.2) is 0 Å². The standard InChI is InChI=1S/C30H32INO5/c1-4-18(13-19-14-23(31)28(33)25(15-19)36-3)10-11-24-26-17(2)12-21-27(22(26)16-37-24)30(35)32(29(21)34)20-8-6-5-7-9-20/h5-9,13-15,21-22,24,27,33H,4,10-12,16H2,1-3H3/b18-13+/t21-,22+,24-,27-/m1/s1. The largest absolute Gasteiger partial charge is 0.504 e. The Balaban J connectivity index is 1.33. The highest BCUT2D eigenvalue weighted by atomic mass is 127. The monoisotopic (exact) mass is 613 g/mol. The van der Waals surface area contributed by atoms with Gasteiger partial charge in [-0.3, -0.25) is 14.5 Å². The Morgan fingerprint density at radius 3 is 2.65 bits per heavy atom. The Kier molecular flexibility index (Phi) is 7.45. The number of carbonyl (C=O) groups excluding carboxylic acids is 2. The maximum absolute atomic E-state index is 13.5. The number of benzene rings is 2. The van der Waals surface area contributed by atoms with Gasteiger partial charge in [0.25, 0.3) is 0 Å². The second-order valence-electron chi connectivity index (χ2n) is 10.1. The van der Waals surface area contributed by atoms with Crippen LogP contribution in [0.1, 0.15) is 45.1 Å². The zero-order chi connectivity index (χ0) is 26.3. The number of carbonyl (C=O) groups is 2. The zero-order valence-electron chi connectivity index (χ0n) is 21.4. The topological polar surface area (TPSA) is 76.1 Å². The van der Waals surface area contributed by atoms with E-state index in [9.17, 15) is 14.7 Å². The quantitative estimate of drug-likeness (QED) is 0.232. The molecule has 2 fully saturated rings. The Bertz CT molecular complexity index is 1280. The molecule has 3 aliphatic rings. The SMILES string of the molecule is CC/C(=C\c1cc(I)c(O)c(OC)c1)CC[C@H]1OC[C@H]2C1=C(C)C[C@H]1C(=O)N(c3ccccc3)C(=O)[C@H]12. The molecule has 0 spiro atoms. The van der Waals surface area contributed by atoms with Gasteiger partial charge >= 0.3 is 0 Å². The van der Waals surface area contributed by atoms with E-state index in [1.165, 1.54) is 21.6 Å². The maximum atomic E-state index is 13.5. The number of ether oxygens (including phenoxy) is 2. The van der Waals surface area contributed by atoms with Gasteiger partial charge in [-0.1, -0.05) is 42.3 Å². The van der Waals surface area contributed by atoms with Gasteiger partial charge in [0.15, 0.2) is 11.5 Å². The Hall–Kier alpha value is -2.65. The average Bonchev–Trinajstić information content (AvgIpc) is 3.43. The Morgan fingerprint density at radius 1 is 1.19 bits per heavy atom. The van der Waals surface area contributed by atoms with E-state index in [2.05, 4.69) is 42.5 Å². The first kappa shape index (κ1) is 26.0. The lowest BCUT2D eigenvalue weighted by molar-refractivity contribution is -0.122. The molecule has 0 saturated carbocycles. The molecule has 2 heterocycles. The molecule has 2 aromatic rings. The number of phenolic OH excluding ortho intramolecular Hbond substituents is 1. The van der Waals surface area contributed by atoms with E-state index in [4.69, 9.17) is 9.47 Å². The number of halogens is 1. The molecular formula is C30H32INO5. The number of phenols is 1. The van der Waals surface area contributed by atoms with E-state index in [0.29, 0.717) is 24.5 Å². The molecule has 2 amide bonds. The molecule has 1 N–H and O–H groups in total. The molecular weight excluding hydrogens is 581 g/mol. The molecule has 5 rings (SSSR count). The summed E-state index contributed by atoms with van der Waals surface area (Å²) in [6, 6.07) is 13.1. The van der Waals surface area contributed by atoms with Gasteiger partial charge in [0.1, 0.15) is 0 Å². The maximum Gasteiger partial charge on any atom is 0.238 e. The van der Waals surface area contributed by atoms with Crippen LogP contribution in [0.15, 0.2) is 59.2 Å². The van der Waals surface area contributed by atoms with Crippen LogP contribution in [-0.4, -0.2) is 36.7 Å². The lowest BCUT2D eigenvalue weighted by atomic mass is 9.70. The molecule has 2 aromatic carbocycles. The Labute approximate surface area is 231 Å². The average molecular weight is 613 g/mol. The summed E-state index contributed by atoms with van der Waals surface area (Å²) < 4.78 is 12.4. The van der Waals surface area contributed by atoms with Crippen molar-refractivity contribution in [2.75, 3.05) is 18.6 Å². The molecule has 1 aliphatic carbocycles. The van der Waals surface area contributed by atoms with E-state index in [1.54, 1.807) is 7.11 Å². The molecule has 6 nitrogen and oxygen atoms in total. The summed E-state index contributed by atoms with van der Waals surface area (Å²) in [6.45, 7) is 4.73. The van der Waals surface area contributed by atoms with Gasteiger partial charge in [-0.15, -0.1) is 0 Å². The number of allylic oxidation sites excluding steroid dienone is 2. The van der Waals surface area contributed by atoms with Crippen LogP contribution in [0.3, 0.4) is 0 Å². The van der Waals surface area contributed by atoms with Crippen LogP contribution >= 0.6 is 22.6 Å². The molecule has 37 heavy (non-hydrogen) atoms. The van der Waals surface area contributed by atoms with E-state index in [0.717, 1.165) is 28.4 Å². The smallest absolute Gasteiger partial charge is 0.238 e. The van der Waals surface area contributed by atoms with Crippen LogP contribution in [-0.2, 0) is 14.3 Å². The summed E-state index contributed by atoms with van der Waals surface area (Å²) in [5.74, 6) is -0.235. The van der Waals surface area contributed by atoms with Gasteiger partial charge in [-0.2, -0.15) is 0 Å². The second-order valence-corrected chi connectivity index (χ2v) is 11.3. The number of hydrogen-bond acceptors (Lipinski definition) is 5. The number of amides is 2. The molecule has 0 bridgehead atoms. The molecule has 7 heteroatoms. The molecule has 0 aromatic heterocycles. The van der Waals surface area contributed by atoms with Crippen molar-refractivity contribution in [2.45, 2.75) is 45.6 Å². The molecule has 2 saturated heterocycles. The van der Waals surface area contributed by atoms with Crippen molar-refractivity contribution in [3.8, 4) is 11.5 Å². The van der Waals surface area contributed by atoms with Gasteiger partial charge in [0, 0.05) is 5.92 Å². The van der Waals surface area contributed by atoms with Crippen molar-refractivity contribution in [2.24, 2.45) is 17.8 Å². The summed E-state index contributed by atoms with van der Waals surface area (Å²) in [5.41, 5.74) is 5.36. The number of imide groups is 1. The number of rotatable bonds is 7. The lowest BCUT2D eigenvalue weighted by Gasteiger charge is -2.30. The number of aromatic hydroxyl groups is 1. The zero-order valence-corrected chi connectivity index (χ0v) is 23.5. The number of methoxy groups -OCH3 is 1. The first-order valence-corrected chi connectivity index (χ1v) is 13.9. The van der Waals surface area contributed by atoms with Crippen LogP contribution in [0.4, 0.5) is 5.69 Å². The highest BCUT2D eigenvalue weighted by Gasteiger charge is 2.56. The highest BCUT2D eigenvalue weighted by Crippen LogP contribution is 2.50. The Morgan fingerprint density at radius 2 is 1.95 bits per heavy atom. The van der Waals surface area contributed by atoms with Crippen LogP contribution in [0, 0.1) is 21.3 Å². The minimum Gasteiger partial charge on any atom is -0.504 e. The molecule has 0 unspecified atom stereocenters. The number of hydrogen-bond donors (Lipinski definition) is 1. The van der Waals surface area contributed by atoms with Crippen LogP contribution in [0.2, 0.25) is 0 Å². The third-order valence-electron chi connectivity index (χ3n) is 7.99. The third kappa shape index (κ3) is 4.72. The predicted molar refractivity (Wildman–Crippen MR) is 151 cm³/mol. The van der Waals surface area contributed by atoms with E-state index in [1.807, 2.05) is 42.5 Å². The number of anilines is 1. The van der Waals surface area contributed by atoms with Crippen molar-refractivity contribution in [3.05, 3.63) is 68.3 Å². The number of fused-ring (bicyclic) bond motifs is 3. The van der Waals surface area contributed by atoms with E-state index < -0.39 is 0 Å². The van der Waals surface area contributed by atoms with Crippen molar-refractivity contribution in [1.82, 2.24) is 0 Å². The van der Waals surface area contributed by atoms with Gasteiger partial charge < -0.3 is 14.6 Å². The summed E-state index contributed by atoms with van der Waals surface area (Å²) in [4.78, 5) is 28.2. The normalized spacial score (nSPS) is 25.5. The first-order chi connectivity index (χ1) is 17.8. The van der Waals surface area contributed by atoms with Crippen LogP contribution < -0.4 is 9.64 Å². The lowest BCUT2D eigenvalue weighted by Crippen LogP contribution is -2.34. The molecule has 0 radical (unpaired) electrons. The fourth-order valence-electron chi connectivity index (χ4n) is 6.20. The summed E-state index contributed by atoms with van der Waals surface area (Å²) in [5, 5.41) is 10.2.